The van der Waals surface area contributed by atoms with Crippen molar-refractivity contribution in [3.63, 3.8) is 0 Å². The first-order chi connectivity index (χ1) is 15.5. The number of aromatic nitrogens is 2. The standard InChI is InChI=1S/C26H23Cl3N2O/c1-2-3-5-18-16-31(21-10-7-19(27)8-11-21)25(26(32)17-6-4-13-30-15-17)24(18)22-12-9-20(28)14-23(22)29/h4,6-16,26,32H,2-3,5H2,1H3. The molecule has 0 spiro atoms. The molecule has 1 N–H and O–H groups in total. The highest BCUT2D eigenvalue weighted by atomic mass is 35.5. The molecule has 2 aromatic heterocycles. The van der Waals surface area contributed by atoms with Gasteiger partial charge in [0.2, 0.25) is 0 Å². The molecular weight excluding hydrogens is 463 g/mol. The average molecular weight is 486 g/mol. The van der Waals surface area contributed by atoms with Crippen LogP contribution in [0.4, 0.5) is 0 Å². The average Bonchev–Trinajstić information content (AvgIpc) is 3.17. The molecule has 3 nitrogen and oxygen atoms in total. The summed E-state index contributed by atoms with van der Waals surface area (Å²) in [6.45, 7) is 2.16. The fraction of sp³-hybridized carbons (Fsp3) is 0.192. The van der Waals surface area contributed by atoms with E-state index in [1.54, 1.807) is 18.5 Å². The maximum Gasteiger partial charge on any atom is 0.121 e. The summed E-state index contributed by atoms with van der Waals surface area (Å²) in [5.41, 5.74) is 5.22. The lowest BCUT2D eigenvalue weighted by Gasteiger charge is -2.19. The number of unbranched alkanes of at least 4 members (excludes halogenated alkanes) is 1. The van der Waals surface area contributed by atoms with Gasteiger partial charge in [-0.15, -0.1) is 0 Å². The largest absolute Gasteiger partial charge is 0.382 e. The first-order valence-electron chi connectivity index (χ1n) is 10.5. The van der Waals surface area contributed by atoms with Crippen LogP contribution in [0, 0.1) is 0 Å². The first-order valence-corrected chi connectivity index (χ1v) is 11.7. The van der Waals surface area contributed by atoms with Gasteiger partial charge >= 0.3 is 0 Å². The van der Waals surface area contributed by atoms with Gasteiger partial charge < -0.3 is 9.67 Å². The predicted octanol–water partition coefficient (Wildman–Crippen LogP) is 7.92. The molecule has 1 unspecified atom stereocenters. The fourth-order valence-electron chi connectivity index (χ4n) is 3.91. The second kappa shape index (κ2) is 10.1. The molecule has 0 bridgehead atoms. The van der Waals surface area contributed by atoms with Gasteiger partial charge in [0.15, 0.2) is 0 Å². The van der Waals surface area contributed by atoms with Crippen LogP contribution in [-0.4, -0.2) is 14.7 Å². The van der Waals surface area contributed by atoms with Gasteiger partial charge in [-0.1, -0.05) is 60.3 Å². The number of aliphatic hydroxyl groups excluding tert-OH is 1. The summed E-state index contributed by atoms with van der Waals surface area (Å²) in [5, 5.41) is 13.3. The number of nitrogens with zero attached hydrogens (tertiary/aromatic N) is 2. The van der Waals surface area contributed by atoms with Gasteiger partial charge in [-0.2, -0.15) is 0 Å². The Labute approximate surface area is 203 Å². The molecule has 1 atom stereocenters. The molecule has 32 heavy (non-hydrogen) atoms. The number of hydrogen-bond donors (Lipinski definition) is 1. The minimum Gasteiger partial charge on any atom is -0.382 e. The molecular formula is C26H23Cl3N2O. The third kappa shape index (κ3) is 4.72. The van der Waals surface area contributed by atoms with Crippen LogP contribution < -0.4 is 0 Å². The quantitative estimate of drug-likeness (QED) is 0.289. The molecule has 6 heteroatoms. The Hall–Kier alpha value is -2.30. The topological polar surface area (TPSA) is 38.0 Å². The van der Waals surface area contributed by atoms with E-state index in [9.17, 15) is 5.11 Å². The Morgan fingerprint density at radius 2 is 1.75 bits per heavy atom. The molecule has 0 saturated carbocycles. The summed E-state index contributed by atoms with van der Waals surface area (Å²) in [5.74, 6) is 0. The Morgan fingerprint density at radius 3 is 2.41 bits per heavy atom. The van der Waals surface area contributed by atoms with Crippen LogP contribution in [0.3, 0.4) is 0 Å². The highest BCUT2D eigenvalue weighted by Gasteiger charge is 2.26. The number of rotatable bonds is 7. The lowest BCUT2D eigenvalue weighted by molar-refractivity contribution is 0.213. The molecule has 164 valence electrons. The molecule has 0 amide bonds. The van der Waals surface area contributed by atoms with Crippen molar-refractivity contribution in [2.75, 3.05) is 0 Å². The van der Waals surface area contributed by atoms with Gasteiger partial charge in [-0.25, -0.2) is 0 Å². The SMILES string of the molecule is CCCCc1cn(-c2ccc(Cl)cc2)c(C(O)c2cccnc2)c1-c1ccc(Cl)cc1Cl. The van der Waals surface area contributed by atoms with Gasteiger partial charge in [0, 0.05) is 56.0 Å². The van der Waals surface area contributed by atoms with E-state index in [-0.39, 0.29) is 0 Å². The highest BCUT2D eigenvalue weighted by molar-refractivity contribution is 6.36. The Bertz CT molecular complexity index is 1200. The van der Waals surface area contributed by atoms with Gasteiger partial charge in [-0.05, 0) is 60.9 Å². The summed E-state index contributed by atoms with van der Waals surface area (Å²) in [6, 6.07) is 16.7. The van der Waals surface area contributed by atoms with Gasteiger partial charge in [0.1, 0.15) is 6.10 Å². The van der Waals surface area contributed by atoms with Crippen LogP contribution in [0.5, 0.6) is 0 Å². The minimum atomic E-state index is -0.906. The molecule has 0 radical (unpaired) electrons. The van der Waals surface area contributed by atoms with Crippen LogP contribution in [0.15, 0.2) is 73.2 Å². The number of aryl methyl sites for hydroxylation is 1. The van der Waals surface area contributed by atoms with Gasteiger partial charge in [0.05, 0.1) is 5.69 Å². The Balaban J connectivity index is 2.01. The normalized spacial score (nSPS) is 12.2. The first kappa shape index (κ1) is 22.9. The third-order valence-corrected chi connectivity index (χ3v) is 6.29. The van der Waals surface area contributed by atoms with Crippen LogP contribution in [0.1, 0.15) is 42.7 Å². The Morgan fingerprint density at radius 1 is 1.00 bits per heavy atom. The van der Waals surface area contributed by atoms with Crippen molar-refractivity contribution in [1.82, 2.24) is 9.55 Å². The van der Waals surface area contributed by atoms with E-state index in [1.165, 1.54) is 0 Å². The highest BCUT2D eigenvalue weighted by Crippen LogP contribution is 2.42. The zero-order valence-corrected chi connectivity index (χ0v) is 19.9. The van der Waals surface area contributed by atoms with E-state index in [0.717, 1.165) is 47.3 Å². The van der Waals surface area contributed by atoms with Crippen LogP contribution >= 0.6 is 34.8 Å². The number of halogens is 3. The molecule has 4 rings (SSSR count). The molecule has 2 aromatic carbocycles. The fourth-order valence-corrected chi connectivity index (χ4v) is 4.54. The van der Waals surface area contributed by atoms with E-state index in [1.807, 2.05) is 53.1 Å². The molecule has 0 fully saturated rings. The second-order valence-electron chi connectivity index (χ2n) is 7.68. The van der Waals surface area contributed by atoms with E-state index in [4.69, 9.17) is 34.8 Å². The van der Waals surface area contributed by atoms with E-state index in [0.29, 0.717) is 20.6 Å². The maximum atomic E-state index is 11.6. The van der Waals surface area contributed by atoms with E-state index >= 15 is 0 Å². The lowest BCUT2D eigenvalue weighted by atomic mass is 9.94. The third-order valence-electron chi connectivity index (χ3n) is 5.49. The van der Waals surface area contributed by atoms with Crippen LogP contribution in [-0.2, 0) is 6.42 Å². The zero-order valence-electron chi connectivity index (χ0n) is 17.6. The molecule has 0 aliphatic rings. The van der Waals surface area contributed by atoms with E-state index < -0.39 is 6.10 Å². The number of benzene rings is 2. The van der Waals surface area contributed by atoms with Crippen molar-refractivity contribution in [3.05, 3.63) is 105 Å². The van der Waals surface area contributed by atoms with Crippen molar-refractivity contribution in [1.29, 1.82) is 0 Å². The minimum absolute atomic E-state index is 0.545. The Kier molecular flexibility index (Phi) is 7.22. The maximum absolute atomic E-state index is 11.6. The number of pyridine rings is 1. The van der Waals surface area contributed by atoms with Crippen molar-refractivity contribution < 1.29 is 5.11 Å². The monoisotopic (exact) mass is 484 g/mol. The summed E-state index contributed by atoms with van der Waals surface area (Å²) in [7, 11) is 0. The lowest BCUT2D eigenvalue weighted by Crippen LogP contribution is -2.08. The van der Waals surface area contributed by atoms with E-state index in [2.05, 4.69) is 18.1 Å². The molecule has 0 aliphatic carbocycles. The molecule has 2 heterocycles. The molecule has 4 aromatic rings. The van der Waals surface area contributed by atoms with Crippen LogP contribution in [0.2, 0.25) is 15.1 Å². The van der Waals surface area contributed by atoms with Gasteiger partial charge in [-0.3, -0.25) is 4.98 Å². The van der Waals surface area contributed by atoms with Crippen molar-refractivity contribution in [2.24, 2.45) is 0 Å². The van der Waals surface area contributed by atoms with Crippen molar-refractivity contribution >= 4 is 34.8 Å². The summed E-state index contributed by atoms with van der Waals surface area (Å²) >= 11 is 19.0. The van der Waals surface area contributed by atoms with Gasteiger partial charge in [0.25, 0.3) is 0 Å². The summed E-state index contributed by atoms with van der Waals surface area (Å²) < 4.78 is 2.03. The van der Waals surface area contributed by atoms with Crippen LogP contribution in [0.25, 0.3) is 16.8 Å². The smallest absolute Gasteiger partial charge is 0.121 e. The predicted molar refractivity (Wildman–Crippen MR) is 133 cm³/mol. The summed E-state index contributed by atoms with van der Waals surface area (Å²) in [6.07, 6.45) is 7.50. The number of aliphatic hydroxyl groups is 1. The summed E-state index contributed by atoms with van der Waals surface area (Å²) in [4.78, 5) is 4.20. The second-order valence-corrected chi connectivity index (χ2v) is 8.96. The van der Waals surface area contributed by atoms with Crippen molar-refractivity contribution in [2.45, 2.75) is 32.3 Å². The zero-order chi connectivity index (χ0) is 22.7. The van der Waals surface area contributed by atoms with Crippen molar-refractivity contribution in [3.8, 4) is 16.8 Å². The molecule has 0 aliphatic heterocycles. The molecule has 0 saturated heterocycles. The number of hydrogen-bond acceptors (Lipinski definition) is 2.